The van der Waals surface area contributed by atoms with Gasteiger partial charge < -0.3 is 4.90 Å². The predicted octanol–water partition coefficient (Wildman–Crippen LogP) is 2.49. The first-order valence-corrected chi connectivity index (χ1v) is 9.98. The minimum Gasteiger partial charge on any atom is -0.343 e. The molecule has 0 saturated carbocycles. The molecular formula is C16H29NO3S. The van der Waals surface area contributed by atoms with Crippen LogP contribution in [0.4, 0.5) is 0 Å². The van der Waals surface area contributed by atoms with Crippen molar-refractivity contribution in [1.29, 1.82) is 0 Å². The van der Waals surface area contributed by atoms with Gasteiger partial charge in [0.05, 0.1) is 11.5 Å². The van der Waals surface area contributed by atoms with Crippen LogP contribution in [0.2, 0.25) is 0 Å². The van der Waals surface area contributed by atoms with Gasteiger partial charge in [-0.15, -0.1) is 0 Å². The molecule has 0 radical (unpaired) electrons. The Kier molecular flexibility index (Phi) is 5.01. The number of rotatable bonds is 2. The second-order valence-electron chi connectivity index (χ2n) is 7.85. The molecule has 2 fully saturated rings. The summed E-state index contributed by atoms with van der Waals surface area (Å²) in [5, 5.41) is 0. The molecule has 4 nitrogen and oxygen atoms in total. The molecule has 0 N–H and O–H groups in total. The van der Waals surface area contributed by atoms with Gasteiger partial charge >= 0.3 is 0 Å². The third-order valence-electron chi connectivity index (χ3n) is 5.10. The maximum atomic E-state index is 12.4. The van der Waals surface area contributed by atoms with Gasteiger partial charge in [-0.25, -0.2) is 8.42 Å². The quantitative estimate of drug-likeness (QED) is 0.786. The van der Waals surface area contributed by atoms with E-state index in [1.165, 1.54) is 6.42 Å². The summed E-state index contributed by atoms with van der Waals surface area (Å²) in [7, 11) is -2.88. The summed E-state index contributed by atoms with van der Waals surface area (Å²) < 4.78 is 23.0. The number of carbonyl (C=O) groups is 1. The number of sulfone groups is 1. The molecule has 0 spiro atoms. The lowest BCUT2D eigenvalue weighted by Gasteiger charge is -2.29. The average Bonchev–Trinajstić information content (AvgIpc) is 2.59. The molecule has 122 valence electrons. The van der Waals surface area contributed by atoms with Crippen molar-refractivity contribution in [2.45, 2.75) is 52.9 Å². The molecule has 5 heteroatoms. The van der Waals surface area contributed by atoms with Crippen molar-refractivity contribution in [2.75, 3.05) is 24.6 Å². The minimum atomic E-state index is -2.88. The molecule has 0 unspecified atom stereocenters. The van der Waals surface area contributed by atoms with Crippen LogP contribution in [0, 0.1) is 17.3 Å². The Labute approximate surface area is 129 Å². The van der Waals surface area contributed by atoms with Crippen LogP contribution >= 0.6 is 0 Å². The van der Waals surface area contributed by atoms with Gasteiger partial charge in [0.2, 0.25) is 5.91 Å². The van der Waals surface area contributed by atoms with Gasteiger partial charge in [-0.05, 0) is 42.9 Å². The van der Waals surface area contributed by atoms with E-state index in [0.29, 0.717) is 24.2 Å². The number of amides is 1. The Morgan fingerprint density at radius 1 is 1.14 bits per heavy atom. The summed E-state index contributed by atoms with van der Waals surface area (Å²) in [5.74, 6) is 1.34. The molecule has 0 aromatic rings. The van der Waals surface area contributed by atoms with E-state index in [0.717, 1.165) is 25.9 Å². The standard InChI is InChI=1S/C16H29NO3S/c1-16(2,3)14-5-4-8-17(9-6-14)15(18)11-13-7-10-21(19,20)12-13/h13-14H,4-12H2,1-3H3/t13-,14-/m0/s1. The smallest absolute Gasteiger partial charge is 0.222 e. The van der Waals surface area contributed by atoms with Gasteiger partial charge in [0.1, 0.15) is 0 Å². The highest BCUT2D eigenvalue weighted by Gasteiger charge is 2.32. The molecule has 2 saturated heterocycles. The number of carbonyl (C=O) groups excluding carboxylic acids is 1. The Balaban J connectivity index is 1.86. The lowest BCUT2D eigenvalue weighted by atomic mass is 9.77. The molecule has 2 aliphatic rings. The van der Waals surface area contributed by atoms with Gasteiger partial charge in [-0.2, -0.15) is 0 Å². The first-order valence-electron chi connectivity index (χ1n) is 8.15. The normalized spacial score (nSPS) is 30.1. The van der Waals surface area contributed by atoms with Crippen molar-refractivity contribution in [2.24, 2.45) is 17.3 Å². The molecule has 0 aliphatic carbocycles. The highest BCUT2D eigenvalue weighted by molar-refractivity contribution is 7.91. The SMILES string of the molecule is CC(C)(C)[C@H]1CCCN(C(=O)C[C@@H]2CCS(=O)(=O)C2)CC1. The topological polar surface area (TPSA) is 54.5 Å². The molecule has 2 heterocycles. The van der Waals surface area contributed by atoms with Crippen LogP contribution in [0.25, 0.3) is 0 Å². The van der Waals surface area contributed by atoms with Crippen LogP contribution in [0.15, 0.2) is 0 Å². The van der Waals surface area contributed by atoms with E-state index in [1.54, 1.807) is 0 Å². The molecule has 1 amide bonds. The summed E-state index contributed by atoms with van der Waals surface area (Å²) in [4.78, 5) is 14.4. The molecule has 21 heavy (non-hydrogen) atoms. The van der Waals surface area contributed by atoms with Crippen molar-refractivity contribution < 1.29 is 13.2 Å². The van der Waals surface area contributed by atoms with Gasteiger partial charge in [-0.1, -0.05) is 20.8 Å². The maximum Gasteiger partial charge on any atom is 0.222 e. The summed E-state index contributed by atoms with van der Waals surface area (Å²) in [5.41, 5.74) is 0.304. The van der Waals surface area contributed by atoms with Crippen LogP contribution in [-0.4, -0.2) is 43.8 Å². The summed E-state index contributed by atoms with van der Waals surface area (Å²) >= 11 is 0. The van der Waals surface area contributed by atoms with E-state index in [2.05, 4.69) is 20.8 Å². The molecule has 2 atom stereocenters. The Morgan fingerprint density at radius 3 is 2.43 bits per heavy atom. The summed E-state index contributed by atoms with van der Waals surface area (Å²) in [6.45, 7) is 8.50. The lowest BCUT2D eigenvalue weighted by Crippen LogP contribution is -2.33. The fourth-order valence-electron chi connectivity index (χ4n) is 3.62. The summed E-state index contributed by atoms with van der Waals surface area (Å²) in [6, 6.07) is 0. The van der Waals surface area contributed by atoms with Crippen LogP contribution in [0.5, 0.6) is 0 Å². The van der Waals surface area contributed by atoms with E-state index in [-0.39, 0.29) is 23.3 Å². The largest absolute Gasteiger partial charge is 0.343 e. The van der Waals surface area contributed by atoms with E-state index in [1.807, 2.05) is 4.90 Å². The Hall–Kier alpha value is -0.580. The summed E-state index contributed by atoms with van der Waals surface area (Å²) in [6.07, 6.45) is 4.39. The molecule has 0 aromatic carbocycles. The highest BCUT2D eigenvalue weighted by atomic mass is 32.2. The van der Waals surface area contributed by atoms with E-state index in [9.17, 15) is 13.2 Å². The van der Waals surface area contributed by atoms with Crippen molar-refractivity contribution in [3.05, 3.63) is 0 Å². The predicted molar refractivity (Wildman–Crippen MR) is 84.8 cm³/mol. The zero-order valence-electron chi connectivity index (χ0n) is 13.6. The fourth-order valence-corrected chi connectivity index (χ4v) is 5.48. The first kappa shape index (κ1) is 16.8. The zero-order chi connectivity index (χ0) is 15.7. The van der Waals surface area contributed by atoms with Crippen LogP contribution in [0.3, 0.4) is 0 Å². The second kappa shape index (κ2) is 6.27. The fraction of sp³-hybridized carbons (Fsp3) is 0.938. The minimum absolute atomic E-state index is 0.0455. The van der Waals surface area contributed by atoms with Crippen molar-refractivity contribution >= 4 is 15.7 Å². The van der Waals surface area contributed by atoms with E-state index < -0.39 is 9.84 Å². The van der Waals surface area contributed by atoms with Gasteiger partial charge in [0, 0.05) is 19.5 Å². The van der Waals surface area contributed by atoms with Crippen molar-refractivity contribution in [3.8, 4) is 0 Å². The van der Waals surface area contributed by atoms with E-state index in [4.69, 9.17) is 0 Å². The van der Waals surface area contributed by atoms with Crippen LogP contribution in [-0.2, 0) is 14.6 Å². The number of nitrogens with zero attached hydrogens (tertiary/aromatic N) is 1. The van der Waals surface area contributed by atoms with Gasteiger partial charge in [0.25, 0.3) is 0 Å². The van der Waals surface area contributed by atoms with E-state index >= 15 is 0 Å². The average molecular weight is 315 g/mol. The molecule has 0 bridgehead atoms. The van der Waals surface area contributed by atoms with Crippen LogP contribution in [0.1, 0.15) is 52.9 Å². The molecule has 0 aromatic heterocycles. The second-order valence-corrected chi connectivity index (χ2v) is 10.1. The number of likely N-dealkylation sites (tertiary alicyclic amines) is 1. The van der Waals surface area contributed by atoms with Crippen molar-refractivity contribution in [1.82, 2.24) is 4.90 Å². The zero-order valence-corrected chi connectivity index (χ0v) is 14.4. The Bertz CT molecular complexity index is 478. The molecular weight excluding hydrogens is 286 g/mol. The third kappa shape index (κ3) is 4.70. The van der Waals surface area contributed by atoms with Crippen molar-refractivity contribution in [3.63, 3.8) is 0 Å². The number of hydrogen-bond acceptors (Lipinski definition) is 3. The third-order valence-corrected chi connectivity index (χ3v) is 6.93. The lowest BCUT2D eigenvalue weighted by molar-refractivity contribution is -0.132. The van der Waals surface area contributed by atoms with Crippen LogP contribution < -0.4 is 0 Å². The number of hydrogen-bond donors (Lipinski definition) is 0. The maximum absolute atomic E-state index is 12.4. The first-order chi connectivity index (χ1) is 9.67. The molecule has 2 aliphatic heterocycles. The van der Waals surface area contributed by atoms with Gasteiger partial charge in [0.15, 0.2) is 9.84 Å². The Morgan fingerprint density at radius 2 is 1.86 bits per heavy atom. The monoisotopic (exact) mass is 315 g/mol. The highest BCUT2D eigenvalue weighted by Crippen LogP contribution is 2.34. The molecule has 2 rings (SSSR count). The van der Waals surface area contributed by atoms with Gasteiger partial charge in [-0.3, -0.25) is 4.79 Å².